The van der Waals surface area contributed by atoms with Crippen molar-refractivity contribution in [2.75, 3.05) is 6.61 Å². The lowest BCUT2D eigenvalue weighted by atomic mass is 10.2. The lowest BCUT2D eigenvalue weighted by Crippen LogP contribution is -1.94. The monoisotopic (exact) mass is 320 g/mol. The summed E-state index contributed by atoms with van der Waals surface area (Å²) in [6.07, 6.45) is 0. The van der Waals surface area contributed by atoms with Gasteiger partial charge in [0, 0.05) is 10.0 Å². The molecular weight excluding hydrogens is 312 g/mol. The fourth-order valence-corrected chi connectivity index (χ4v) is 1.87. The van der Waals surface area contributed by atoms with Crippen LogP contribution in [0.4, 0.5) is 0 Å². The summed E-state index contributed by atoms with van der Waals surface area (Å²) in [5.74, 6) is 6.60. The minimum absolute atomic E-state index is 0.311. The minimum atomic E-state index is 0.311. The second kappa shape index (κ2) is 6.49. The molecule has 0 aromatic heterocycles. The van der Waals surface area contributed by atoms with E-state index in [1.54, 1.807) is 6.07 Å². The summed E-state index contributed by atoms with van der Waals surface area (Å²) in [4.78, 5) is 0. The summed E-state index contributed by atoms with van der Waals surface area (Å²) < 4.78 is 6.43. The highest BCUT2D eigenvalue weighted by atomic mass is 79.9. The molecule has 2 aromatic carbocycles. The molecule has 0 amide bonds. The third kappa shape index (κ3) is 3.80. The van der Waals surface area contributed by atoms with Gasteiger partial charge in [-0.2, -0.15) is 0 Å². The number of hydrogen-bond acceptors (Lipinski definition) is 1. The summed E-state index contributed by atoms with van der Waals surface area (Å²) in [5.41, 5.74) is 0.974. The maximum absolute atomic E-state index is 6.00. The summed E-state index contributed by atoms with van der Waals surface area (Å²) in [5, 5.41) is 0.583. The average molecular weight is 322 g/mol. The van der Waals surface area contributed by atoms with Gasteiger partial charge in [0.15, 0.2) is 0 Å². The van der Waals surface area contributed by atoms with Gasteiger partial charge in [-0.3, -0.25) is 0 Å². The van der Waals surface area contributed by atoms with Crippen LogP contribution in [-0.4, -0.2) is 6.61 Å². The summed E-state index contributed by atoms with van der Waals surface area (Å²) in [6, 6.07) is 15.3. The predicted octanol–water partition coefficient (Wildman–Crippen LogP) is 4.53. The van der Waals surface area contributed by atoms with E-state index in [1.807, 2.05) is 42.5 Å². The lowest BCUT2D eigenvalue weighted by molar-refractivity contribution is 0.370. The van der Waals surface area contributed by atoms with Crippen LogP contribution in [0.2, 0.25) is 5.02 Å². The number of rotatable bonds is 2. The van der Waals surface area contributed by atoms with Crippen molar-refractivity contribution in [3.05, 3.63) is 63.6 Å². The number of benzene rings is 2. The van der Waals surface area contributed by atoms with E-state index < -0.39 is 0 Å². The molecule has 0 heterocycles. The van der Waals surface area contributed by atoms with Crippen molar-refractivity contribution >= 4 is 27.5 Å². The fraction of sp³-hybridized carbons (Fsp3) is 0.0667. The van der Waals surface area contributed by atoms with E-state index >= 15 is 0 Å². The van der Waals surface area contributed by atoms with Crippen LogP contribution >= 0.6 is 27.5 Å². The smallest absolute Gasteiger partial charge is 0.149 e. The summed E-state index contributed by atoms with van der Waals surface area (Å²) in [6.45, 7) is 0.311. The molecule has 0 bridgehead atoms. The molecule has 0 aliphatic heterocycles. The first-order chi connectivity index (χ1) is 8.75. The van der Waals surface area contributed by atoms with Gasteiger partial charge in [0.05, 0.1) is 5.02 Å². The molecule has 90 valence electrons. The van der Waals surface area contributed by atoms with Crippen molar-refractivity contribution in [2.24, 2.45) is 0 Å². The molecule has 3 heteroatoms. The second-order valence-corrected chi connectivity index (χ2v) is 4.85. The van der Waals surface area contributed by atoms with Crippen LogP contribution in [0.3, 0.4) is 0 Å². The zero-order valence-corrected chi connectivity index (χ0v) is 11.8. The summed E-state index contributed by atoms with van der Waals surface area (Å²) >= 11 is 9.37. The van der Waals surface area contributed by atoms with Gasteiger partial charge < -0.3 is 4.74 Å². The molecule has 0 unspecified atom stereocenters. The van der Waals surface area contributed by atoms with E-state index in [0.29, 0.717) is 17.4 Å². The molecule has 0 spiro atoms. The van der Waals surface area contributed by atoms with Crippen molar-refractivity contribution < 1.29 is 4.74 Å². The highest BCUT2D eigenvalue weighted by Gasteiger charge is 2.00. The molecule has 2 aromatic rings. The minimum Gasteiger partial charge on any atom is -0.479 e. The van der Waals surface area contributed by atoms with Gasteiger partial charge in [-0.25, -0.2) is 0 Å². The second-order valence-electron chi connectivity index (χ2n) is 3.53. The molecule has 2 rings (SSSR count). The van der Waals surface area contributed by atoms with Crippen molar-refractivity contribution in [2.45, 2.75) is 0 Å². The Labute approximate surface area is 120 Å². The van der Waals surface area contributed by atoms with Crippen LogP contribution in [0.1, 0.15) is 5.56 Å². The van der Waals surface area contributed by atoms with Gasteiger partial charge in [0.1, 0.15) is 12.4 Å². The Morgan fingerprint density at radius 3 is 2.67 bits per heavy atom. The van der Waals surface area contributed by atoms with E-state index in [2.05, 4.69) is 27.8 Å². The van der Waals surface area contributed by atoms with Gasteiger partial charge in [0.25, 0.3) is 0 Å². The fourth-order valence-electron chi connectivity index (χ4n) is 1.36. The Hall–Kier alpha value is -1.43. The van der Waals surface area contributed by atoms with E-state index in [1.165, 1.54) is 0 Å². The van der Waals surface area contributed by atoms with Crippen molar-refractivity contribution in [3.63, 3.8) is 0 Å². The number of ether oxygens (including phenoxy) is 1. The molecule has 18 heavy (non-hydrogen) atoms. The van der Waals surface area contributed by atoms with E-state index in [4.69, 9.17) is 16.3 Å². The van der Waals surface area contributed by atoms with Crippen LogP contribution in [0, 0.1) is 11.8 Å². The van der Waals surface area contributed by atoms with Crippen LogP contribution in [0.15, 0.2) is 53.0 Å². The Kier molecular flexibility index (Phi) is 4.69. The molecule has 0 saturated carbocycles. The van der Waals surface area contributed by atoms with E-state index in [-0.39, 0.29) is 0 Å². The Morgan fingerprint density at radius 1 is 1.11 bits per heavy atom. The van der Waals surface area contributed by atoms with Gasteiger partial charge in [0.2, 0.25) is 0 Å². The molecular formula is C15H10BrClO. The molecule has 0 aliphatic rings. The summed E-state index contributed by atoms with van der Waals surface area (Å²) in [7, 11) is 0. The van der Waals surface area contributed by atoms with Gasteiger partial charge >= 0.3 is 0 Å². The maximum atomic E-state index is 6.00. The standard InChI is InChI=1S/C15H10BrClO/c16-13-8-9-14(17)15(11-13)18-10-4-7-12-5-2-1-3-6-12/h1-3,5-6,8-9,11H,10H2. The topological polar surface area (TPSA) is 9.23 Å². The first-order valence-corrected chi connectivity index (χ1v) is 6.54. The highest BCUT2D eigenvalue weighted by molar-refractivity contribution is 9.10. The third-order valence-electron chi connectivity index (χ3n) is 2.20. The lowest BCUT2D eigenvalue weighted by Gasteiger charge is -2.04. The average Bonchev–Trinajstić information content (AvgIpc) is 2.40. The molecule has 0 saturated heterocycles. The van der Waals surface area contributed by atoms with Crippen molar-refractivity contribution in [1.29, 1.82) is 0 Å². The van der Waals surface area contributed by atoms with Crippen LogP contribution in [0.5, 0.6) is 5.75 Å². The normalized spacial score (nSPS) is 9.44. The third-order valence-corrected chi connectivity index (χ3v) is 3.01. The molecule has 1 nitrogen and oxygen atoms in total. The van der Waals surface area contributed by atoms with Crippen molar-refractivity contribution in [3.8, 4) is 17.6 Å². The molecule has 0 atom stereocenters. The van der Waals surface area contributed by atoms with Crippen LogP contribution < -0.4 is 4.74 Å². The van der Waals surface area contributed by atoms with E-state index in [9.17, 15) is 0 Å². The van der Waals surface area contributed by atoms with Gasteiger partial charge in [-0.1, -0.05) is 57.6 Å². The Balaban J connectivity index is 1.97. The van der Waals surface area contributed by atoms with Gasteiger partial charge in [-0.15, -0.1) is 0 Å². The largest absolute Gasteiger partial charge is 0.479 e. The van der Waals surface area contributed by atoms with Crippen LogP contribution in [-0.2, 0) is 0 Å². The molecule has 0 aliphatic carbocycles. The van der Waals surface area contributed by atoms with Gasteiger partial charge in [-0.05, 0) is 30.3 Å². The zero-order chi connectivity index (χ0) is 12.8. The number of halogens is 2. The molecule has 0 N–H and O–H groups in total. The zero-order valence-electron chi connectivity index (χ0n) is 9.49. The highest BCUT2D eigenvalue weighted by Crippen LogP contribution is 2.27. The quantitative estimate of drug-likeness (QED) is 0.738. The van der Waals surface area contributed by atoms with Crippen molar-refractivity contribution in [1.82, 2.24) is 0 Å². The Morgan fingerprint density at radius 2 is 1.89 bits per heavy atom. The predicted molar refractivity (Wildman–Crippen MR) is 78.0 cm³/mol. The maximum Gasteiger partial charge on any atom is 0.149 e. The van der Waals surface area contributed by atoms with Crippen LogP contribution in [0.25, 0.3) is 0 Å². The molecule has 0 radical (unpaired) electrons. The molecule has 0 fully saturated rings. The Bertz CT molecular complexity index is 584. The first-order valence-electron chi connectivity index (χ1n) is 5.37. The first kappa shape index (κ1) is 13.0. The van der Waals surface area contributed by atoms with E-state index in [0.717, 1.165) is 10.0 Å². The SMILES string of the molecule is Clc1ccc(Br)cc1OCC#Cc1ccccc1. The number of hydrogen-bond donors (Lipinski definition) is 0.